The van der Waals surface area contributed by atoms with Gasteiger partial charge in [0.25, 0.3) is 6.43 Å². The molecule has 1 fully saturated rings. The van der Waals surface area contributed by atoms with Gasteiger partial charge in [-0.3, -0.25) is 9.48 Å². The zero-order valence-electron chi connectivity index (χ0n) is 17.1. The van der Waals surface area contributed by atoms with Gasteiger partial charge in [0.2, 0.25) is 5.91 Å². The molecule has 0 saturated heterocycles. The van der Waals surface area contributed by atoms with Crippen molar-refractivity contribution in [1.82, 2.24) is 15.1 Å². The number of carbonyl (C=O) groups excluding carboxylic acids is 1. The smallest absolute Gasteiger partial charge is 0.283 e. The maximum atomic E-state index is 13.2. The number of aromatic nitrogens is 2. The van der Waals surface area contributed by atoms with E-state index in [1.807, 2.05) is 19.1 Å². The van der Waals surface area contributed by atoms with E-state index in [2.05, 4.69) is 36.4 Å². The van der Waals surface area contributed by atoms with Crippen LogP contribution in [0.1, 0.15) is 93.3 Å². The van der Waals surface area contributed by atoms with Gasteiger partial charge in [-0.15, -0.1) is 0 Å². The molecule has 2 unspecified atom stereocenters. The number of alkyl halides is 2. The van der Waals surface area contributed by atoms with Crippen molar-refractivity contribution in [3.63, 3.8) is 0 Å². The fourth-order valence-corrected chi connectivity index (χ4v) is 3.94. The molecule has 1 saturated carbocycles. The minimum absolute atomic E-state index is 0.00275. The number of nitrogens with one attached hydrogen (secondary N) is 1. The molecule has 1 aromatic carbocycles. The van der Waals surface area contributed by atoms with Gasteiger partial charge in [0.05, 0.1) is 16.8 Å². The highest BCUT2D eigenvalue weighted by Gasteiger charge is 2.34. The lowest BCUT2D eigenvalue weighted by molar-refractivity contribution is -0.122. The van der Waals surface area contributed by atoms with Gasteiger partial charge in [0.1, 0.15) is 12.2 Å². The van der Waals surface area contributed by atoms with Gasteiger partial charge in [0.15, 0.2) is 0 Å². The lowest BCUT2D eigenvalue weighted by Gasteiger charge is -2.19. The first-order valence-corrected chi connectivity index (χ1v) is 10.7. The summed E-state index contributed by atoms with van der Waals surface area (Å²) < 4.78 is 27.7. The van der Waals surface area contributed by atoms with Crippen LogP contribution < -0.4 is 5.32 Å². The lowest BCUT2D eigenvalue weighted by Crippen LogP contribution is -2.32. The first-order valence-electron chi connectivity index (χ1n) is 10.3. The second kappa shape index (κ2) is 9.24. The molecule has 2 aromatic rings. The Bertz CT molecular complexity index is 846. The minimum atomic E-state index is -2.75. The third-order valence-electron chi connectivity index (χ3n) is 5.68. The largest absolute Gasteiger partial charge is 0.348 e. The monoisotopic (exact) mass is 423 g/mol. The standard InChI is InChI=1S/C22H28ClF2N3O/c1-4-13(3)14-6-8-15(9-7-14)17(5-2)26-18(29)12-28-21(16-10-11-16)19(23)20(27-28)22(24)25/h6-9,13,16-17,22H,4-5,10-12H2,1-3H3,(H,26,29). The molecule has 0 aliphatic heterocycles. The first kappa shape index (κ1) is 21.8. The van der Waals surface area contributed by atoms with E-state index in [1.54, 1.807) is 0 Å². The summed E-state index contributed by atoms with van der Waals surface area (Å²) in [5.41, 5.74) is 2.43. The molecular formula is C22H28ClF2N3O. The van der Waals surface area contributed by atoms with Crippen molar-refractivity contribution in [2.75, 3.05) is 0 Å². The highest BCUT2D eigenvalue weighted by Crippen LogP contribution is 2.45. The van der Waals surface area contributed by atoms with E-state index in [9.17, 15) is 13.6 Å². The molecular weight excluding hydrogens is 396 g/mol. The van der Waals surface area contributed by atoms with E-state index in [0.717, 1.165) is 31.2 Å². The predicted molar refractivity (Wildman–Crippen MR) is 110 cm³/mol. The van der Waals surface area contributed by atoms with Crippen LogP contribution in [0.15, 0.2) is 24.3 Å². The highest BCUT2D eigenvalue weighted by molar-refractivity contribution is 6.32. The molecule has 1 heterocycles. The fraction of sp³-hybridized carbons (Fsp3) is 0.545. The van der Waals surface area contributed by atoms with Crippen molar-refractivity contribution >= 4 is 17.5 Å². The van der Waals surface area contributed by atoms with E-state index in [1.165, 1.54) is 10.2 Å². The zero-order valence-corrected chi connectivity index (χ0v) is 17.8. The Morgan fingerprint density at radius 2 is 1.83 bits per heavy atom. The molecule has 7 heteroatoms. The number of nitrogens with zero attached hydrogens (tertiary/aromatic N) is 2. The van der Waals surface area contributed by atoms with Crippen LogP contribution in [0.2, 0.25) is 5.02 Å². The lowest BCUT2D eigenvalue weighted by atomic mass is 9.95. The van der Waals surface area contributed by atoms with Crippen LogP contribution in [0, 0.1) is 0 Å². The van der Waals surface area contributed by atoms with Crippen LogP contribution in [0.4, 0.5) is 8.78 Å². The van der Waals surface area contributed by atoms with Crippen molar-refractivity contribution in [1.29, 1.82) is 0 Å². The van der Waals surface area contributed by atoms with E-state index >= 15 is 0 Å². The second-order valence-corrected chi connectivity index (χ2v) is 8.20. The molecule has 1 amide bonds. The van der Waals surface area contributed by atoms with Gasteiger partial charge < -0.3 is 5.32 Å². The maximum absolute atomic E-state index is 13.2. The molecule has 1 N–H and O–H groups in total. The summed E-state index contributed by atoms with van der Waals surface area (Å²) in [7, 11) is 0. The molecule has 3 rings (SSSR count). The quantitative estimate of drug-likeness (QED) is 0.527. The van der Waals surface area contributed by atoms with Crippen molar-refractivity contribution in [3.8, 4) is 0 Å². The molecule has 29 heavy (non-hydrogen) atoms. The van der Waals surface area contributed by atoms with Crippen LogP contribution in [-0.4, -0.2) is 15.7 Å². The summed E-state index contributed by atoms with van der Waals surface area (Å²) >= 11 is 6.13. The summed E-state index contributed by atoms with van der Waals surface area (Å²) in [6.07, 6.45) is 0.818. The van der Waals surface area contributed by atoms with Crippen LogP contribution in [-0.2, 0) is 11.3 Å². The molecule has 1 aliphatic carbocycles. The zero-order chi connectivity index (χ0) is 21.1. The van der Waals surface area contributed by atoms with Gasteiger partial charge in [0, 0.05) is 5.92 Å². The van der Waals surface area contributed by atoms with E-state index in [-0.39, 0.29) is 29.4 Å². The van der Waals surface area contributed by atoms with Crippen LogP contribution in [0.3, 0.4) is 0 Å². The molecule has 0 radical (unpaired) electrons. The van der Waals surface area contributed by atoms with Gasteiger partial charge in [-0.05, 0) is 42.7 Å². The molecule has 2 atom stereocenters. The second-order valence-electron chi connectivity index (χ2n) is 7.82. The van der Waals surface area contributed by atoms with Gasteiger partial charge >= 0.3 is 0 Å². The molecule has 4 nitrogen and oxygen atoms in total. The van der Waals surface area contributed by atoms with E-state index < -0.39 is 12.1 Å². The third-order valence-corrected chi connectivity index (χ3v) is 6.07. The number of halogens is 3. The molecule has 1 aliphatic rings. The van der Waals surface area contributed by atoms with Crippen molar-refractivity contribution in [2.24, 2.45) is 0 Å². The number of hydrogen-bond donors (Lipinski definition) is 1. The number of carbonyl (C=O) groups is 1. The molecule has 1 aromatic heterocycles. The topological polar surface area (TPSA) is 46.9 Å². The van der Waals surface area contributed by atoms with E-state index in [0.29, 0.717) is 11.6 Å². The van der Waals surface area contributed by atoms with Gasteiger partial charge in [-0.25, -0.2) is 8.78 Å². The Balaban J connectivity index is 1.72. The molecule has 0 spiro atoms. The summed E-state index contributed by atoms with van der Waals surface area (Å²) in [6, 6.07) is 8.16. The average Bonchev–Trinajstić information content (AvgIpc) is 3.49. The average molecular weight is 424 g/mol. The van der Waals surface area contributed by atoms with Crippen LogP contribution in [0.5, 0.6) is 0 Å². The summed E-state index contributed by atoms with van der Waals surface area (Å²) in [5, 5.41) is 6.94. The Kier molecular flexibility index (Phi) is 6.93. The van der Waals surface area contributed by atoms with Gasteiger partial charge in [-0.2, -0.15) is 5.10 Å². The molecule has 0 bridgehead atoms. The predicted octanol–water partition coefficient (Wildman–Crippen LogP) is 6.13. The Morgan fingerprint density at radius 3 is 2.34 bits per heavy atom. The highest BCUT2D eigenvalue weighted by atomic mass is 35.5. The number of amides is 1. The molecule has 158 valence electrons. The van der Waals surface area contributed by atoms with Crippen molar-refractivity contribution in [3.05, 3.63) is 51.8 Å². The van der Waals surface area contributed by atoms with Gasteiger partial charge in [-0.1, -0.05) is 56.6 Å². The van der Waals surface area contributed by atoms with Crippen molar-refractivity contribution in [2.45, 2.75) is 77.3 Å². The normalized spacial score (nSPS) is 16.1. The number of benzene rings is 1. The van der Waals surface area contributed by atoms with Crippen LogP contribution >= 0.6 is 11.6 Å². The number of rotatable bonds is 9. The summed E-state index contributed by atoms with van der Waals surface area (Å²) in [5.74, 6) is 0.350. The van der Waals surface area contributed by atoms with Crippen LogP contribution in [0.25, 0.3) is 0 Å². The number of hydrogen-bond acceptors (Lipinski definition) is 2. The van der Waals surface area contributed by atoms with Crippen molar-refractivity contribution < 1.29 is 13.6 Å². The SMILES string of the molecule is CCC(C)c1ccc(C(CC)NC(=O)Cn2nc(C(F)F)c(Cl)c2C2CC2)cc1. The third kappa shape index (κ3) is 4.97. The maximum Gasteiger partial charge on any atom is 0.283 e. The fourth-order valence-electron chi connectivity index (χ4n) is 3.57. The Hall–Kier alpha value is -1.95. The summed E-state index contributed by atoms with van der Waals surface area (Å²) in [6.45, 7) is 6.24. The Morgan fingerprint density at radius 1 is 1.21 bits per heavy atom. The summed E-state index contributed by atoms with van der Waals surface area (Å²) in [4.78, 5) is 12.7. The Labute approximate surface area is 175 Å². The minimum Gasteiger partial charge on any atom is -0.348 e. The first-order chi connectivity index (χ1) is 13.8. The van der Waals surface area contributed by atoms with E-state index in [4.69, 9.17) is 11.6 Å².